The van der Waals surface area contributed by atoms with Gasteiger partial charge in [0.15, 0.2) is 0 Å². The molecule has 0 amide bonds. The molecule has 1 fully saturated rings. The molecule has 0 atom stereocenters. The van der Waals surface area contributed by atoms with Crippen molar-refractivity contribution in [2.75, 3.05) is 0 Å². The lowest BCUT2D eigenvalue weighted by Crippen LogP contribution is -2.34. The van der Waals surface area contributed by atoms with E-state index in [1.54, 1.807) is 0 Å². The summed E-state index contributed by atoms with van der Waals surface area (Å²) < 4.78 is 18.8. The molecule has 1 saturated carbocycles. The minimum absolute atomic E-state index is 0.0557. The molecule has 0 heterocycles. The second-order valence-electron chi connectivity index (χ2n) is 3.80. The fraction of sp³-hybridized carbons (Fsp3) is 0.400. The molecule has 0 aromatic heterocycles. The number of nitro benzene ring substituents is 1. The zero-order chi connectivity index (χ0) is 12.6. The Hall–Kier alpha value is -0.690. The molecule has 1 aliphatic rings. The summed E-state index contributed by atoms with van der Waals surface area (Å²) in [5.41, 5.74) is -0.352. The van der Waals surface area contributed by atoms with E-state index in [1.807, 2.05) is 0 Å². The summed E-state index contributed by atoms with van der Waals surface area (Å²) in [5, 5.41) is 10.8. The van der Waals surface area contributed by atoms with Crippen molar-refractivity contribution in [1.29, 1.82) is 0 Å². The third-order valence-corrected chi connectivity index (χ3v) is 3.84. The minimum atomic E-state index is -0.664. The van der Waals surface area contributed by atoms with Crippen LogP contribution in [0.25, 0.3) is 0 Å². The first-order chi connectivity index (χ1) is 7.97. The summed E-state index contributed by atoms with van der Waals surface area (Å²) in [6, 6.07) is 2.02. The number of alkyl halides is 1. The van der Waals surface area contributed by atoms with Gasteiger partial charge in [-0.3, -0.25) is 10.1 Å². The Morgan fingerprint density at radius 1 is 1.47 bits per heavy atom. The third kappa shape index (κ3) is 2.77. The van der Waals surface area contributed by atoms with Crippen LogP contribution in [0.15, 0.2) is 16.6 Å². The first kappa shape index (κ1) is 12.8. The smallest absolute Gasteiger partial charge is 0.315 e. The Morgan fingerprint density at radius 2 is 2.12 bits per heavy atom. The van der Waals surface area contributed by atoms with Crippen LogP contribution in [0, 0.1) is 15.9 Å². The van der Waals surface area contributed by atoms with E-state index in [2.05, 4.69) is 31.9 Å². The number of nitro groups is 1. The molecule has 2 rings (SSSR count). The van der Waals surface area contributed by atoms with Gasteiger partial charge in [0.2, 0.25) is 5.75 Å². The van der Waals surface area contributed by atoms with Gasteiger partial charge < -0.3 is 4.74 Å². The molecule has 7 heteroatoms. The van der Waals surface area contributed by atoms with Crippen LogP contribution in [-0.2, 0) is 0 Å². The number of ether oxygens (including phenoxy) is 1. The monoisotopic (exact) mass is 367 g/mol. The van der Waals surface area contributed by atoms with Crippen molar-refractivity contribution in [2.45, 2.75) is 23.8 Å². The van der Waals surface area contributed by atoms with Gasteiger partial charge in [0, 0.05) is 4.83 Å². The molecule has 92 valence electrons. The predicted molar refractivity (Wildman–Crippen MR) is 67.1 cm³/mol. The summed E-state index contributed by atoms with van der Waals surface area (Å²) >= 11 is 6.49. The summed E-state index contributed by atoms with van der Waals surface area (Å²) in [4.78, 5) is 10.6. The van der Waals surface area contributed by atoms with E-state index in [4.69, 9.17) is 4.74 Å². The molecule has 1 aromatic carbocycles. The Morgan fingerprint density at radius 3 is 2.65 bits per heavy atom. The van der Waals surface area contributed by atoms with Crippen LogP contribution in [-0.4, -0.2) is 15.9 Å². The van der Waals surface area contributed by atoms with E-state index in [-0.39, 0.29) is 22.0 Å². The van der Waals surface area contributed by atoms with Gasteiger partial charge in [-0.05, 0) is 34.8 Å². The van der Waals surface area contributed by atoms with Crippen molar-refractivity contribution < 1.29 is 14.1 Å². The van der Waals surface area contributed by atoms with Crippen LogP contribution in [0.3, 0.4) is 0 Å². The van der Waals surface area contributed by atoms with Gasteiger partial charge in [0.05, 0.1) is 15.5 Å². The number of halogens is 3. The molecular weight excluding hydrogens is 361 g/mol. The summed E-state index contributed by atoms with van der Waals surface area (Å²) in [6.45, 7) is 0. The first-order valence-corrected chi connectivity index (χ1v) is 6.62. The highest BCUT2D eigenvalue weighted by Gasteiger charge is 2.32. The number of nitrogens with zero attached hydrogens (tertiary/aromatic N) is 1. The number of benzene rings is 1. The highest BCUT2D eigenvalue weighted by molar-refractivity contribution is 9.10. The van der Waals surface area contributed by atoms with E-state index in [9.17, 15) is 14.5 Å². The van der Waals surface area contributed by atoms with Crippen molar-refractivity contribution in [2.24, 2.45) is 0 Å². The highest BCUT2D eigenvalue weighted by atomic mass is 79.9. The van der Waals surface area contributed by atoms with Crippen molar-refractivity contribution in [3.63, 3.8) is 0 Å². The first-order valence-electron chi connectivity index (χ1n) is 4.91. The van der Waals surface area contributed by atoms with Crippen LogP contribution < -0.4 is 4.74 Å². The molecule has 4 nitrogen and oxygen atoms in total. The number of rotatable bonds is 3. The molecule has 0 N–H and O–H groups in total. The SMILES string of the molecule is O=[N+]([O-])c1cc(F)cc(Br)c1OC1CC(Br)C1. The third-order valence-electron chi connectivity index (χ3n) is 2.51. The second kappa shape index (κ2) is 4.89. The zero-order valence-electron chi connectivity index (χ0n) is 8.53. The van der Waals surface area contributed by atoms with Gasteiger partial charge in [0.1, 0.15) is 11.9 Å². The summed E-state index contributed by atoms with van der Waals surface area (Å²) in [6.07, 6.45) is 1.53. The molecule has 0 unspecified atom stereocenters. The molecule has 1 aromatic rings. The Kier molecular flexibility index (Phi) is 3.67. The molecular formula is C10H8Br2FNO3. The zero-order valence-corrected chi connectivity index (χ0v) is 11.7. The van der Waals surface area contributed by atoms with Crippen molar-refractivity contribution in [1.82, 2.24) is 0 Å². The topological polar surface area (TPSA) is 52.4 Å². The lowest BCUT2D eigenvalue weighted by Gasteiger charge is -2.31. The minimum Gasteiger partial charge on any atom is -0.483 e. The standard InChI is InChI=1S/C10H8Br2FNO3/c11-5-1-7(2-5)17-10-8(12)3-6(13)4-9(10)14(15)16/h3-5,7H,1-2H2. The average Bonchev–Trinajstić information content (AvgIpc) is 2.18. The molecule has 0 aliphatic heterocycles. The maximum atomic E-state index is 13.1. The average molecular weight is 369 g/mol. The molecule has 0 saturated heterocycles. The molecule has 0 radical (unpaired) electrons. The number of hydrogen-bond donors (Lipinski definition) is 0. The van der Waals surface area contributed by atoms with Crippen LogP contribution in [0.2, 0.25) is 0 Å². The lowest BCUT2D eigenvalue weighted by atomic mass is 9.96. The van der Waals surface area contributed by atoms with Crippen molar-refractivity contribution in [3.8, 4) is 5.75 Å². The number of hydrogen-bond acceptors (Lipinski definition) is 3. The fourth-order valence-electron chi connectivity index (χ4n) is 1.56. The van der Waals surface area contributed by atoms with Gasteiger partial charge in [-0.1, -0.05) is 15.9 Å². The van der Waals surface area contributed by atoms with Crippen molar-refractivity contribution in [3.05, 3.63) is 32.5 Å². The fourth-order valence-corrected chi connectivity index (χ4v) is 2.91. The molecule has 0 bridgehead atoms. The quantitative estimate of drug-likeness (QED) is 0.463. The highest BCUT2D eigenvalue weighted by Crippen LogP contribution is 2.40. The van der Waals surface area contributed by atoms with E-state index >= 15 is 0 Å². The van der Waals surface area contributed by atoms with E-state index in [0.29, 0.717) is 4.83 Å². The van der Waals surface area contributed by atoms with Gasteiger partial charge >= 0.3 is 5.69 Å². The second-order valence-corrected chi connectivity index (χ2v) is 5.95. The van der Waals surface area contributed by atoms with Crippen molar-refractivity contribution >= 4 is 37.5 Å². The van der Waals surface area contributed by atoms with E-state index < -0.39 is 10.7 Å². The predicted octanol–water partition coefficient (Wildman–Crippen LogP) is 3.80. The van der Waals surface area contributed by atoms with Crippen LogP contribution in [0.5, 0.6) is 5.75 Å². The molecule has 0 spiro atoms. The Balaban J connectivity index is 2.28. The van der Waals surface area contributed by atoms with Crippen LogP contribution >= 0.6 is 31.9 Å². The van der Waals surface area contributed by atoms with Gasteiger partial charge in [-0.25, -0.2) is 4.39 Å². The Labute approximate surface area is 114 Å². The Bertz CT molecular complexity index is 463. The van der Waals surface area contributed by atoms with E-state index in [0.717, 1.165) is 25.0 Å². The summed E-state index contributed by atoms with van der Waals surface area (Å²) in [5.74, 6) is -0.566. The van der Waals surface area contributed by atoms with Crippen LogP contribution in [0.1, 0.15) is 12.8 Å². The molecule has 1 aliphatic carbocycles. The van der Waals surface area contributed by atoms with Crippen LogP contribution in [0.4, 0.5) is 10.1 Å². The largest absolute Gasteiger partial charge is 0.483 e. The summed E-state index contributed by atoms with van der Waals surface area (Å²) in [7, 11) is 0. The van der Waals surface area contributed by atoms with Gasteiger partial charge in [-0.15, -0.1) is 0 Å². The normalized spacial score (nSPS) is 23.0. The van der Waals surface area contributed by atoms with Gasteiger partial charge in [0.25, 0.3) is 0 Å². The lowest BCUT2D eigenvalue weighted by molar-refractivity contribution is -0.386. The van der Waals surface area contributed by atoms with E-state index in [1.165, 1.54) is 0 Å². The maximum absolute atomic E-state index is 13.1. The molecule has 17 heavy (non-hydrogen) atoms. The van der Waals surface area contributed by atoms with Gasteiger partial charge in [-0.2, -0.15) is 0 Å². The maximum Gasteiger partial charge on any atom is 0.315 e.